The van der Waals surface area contributed by atoms with E-state index in [4.69, 9.17) is 16.7 Å². The number of amides is 1. The van der Waals surface area contributed by atoms with Gasteiger partial charge in [0, 0.05) is 16.3 Å². The summed E-state index contributed by atoms with van der Waals surface area (Å²) in [6.45, 7) is 0. The van der Waals surface area contributed by atoms with Gasteiger partial charge in [0.1, 0.15) is 6.04 Å². The molecule has 1 N–H and O–H groups in total. The molecule has 0 aromatic heterocycles. The van der Waals surface area contributed by atoms with Crippen LogP contribution < -0.4 is 0 Å². The third-order valence-corrected chi connectivity index (χ3v) is 3.78. The van der Waals surface area contributed by atoms with Crippen LogP contribution in [0.3, 0.4) is 0 Å². The van der Waals surface area contributed by atoms with Gasteiger partial charge >= 0.3 is 5.97 Å². The molecule has 90 valence electrons. The number of thioether (sulfide) groups is 1. The lowest BCUT2D eigenvalue weighted by molar-refractivity contribution is -0.140. The fourth-order valence-corrected chi connectivity index (χ4v) is 2.88. The fourth-order valence-electron chi connectivity index (χ4n) is 1.61. The number of halogens is 1. The molecule has 1 aliphatic heterocycles. The molecule has 0 spiro atoms. The van der Waals surface area contributed by atoms with Crippen molar-refractivity contribution >= 4 is 35.2 Å². The van der Waals surface area contributed by atoms with E-state index in [2.05, 4.69) is 0 Å². The molecule has 2 rings (SSSR count). The zero-order valence-electron chi connectivity index (χ0n) is 8.80. The first-order chi connectivity index (χ1) is 8.09. The number of carboxylic acids is 1. The van der Waals surface area contributed by atoms with Crippen LogP contribution in [0.5, 0.6) is 0 Å². The van der Waals surface area contributed by atoms with Crippen LogP contribution in [0.15, 0.2) is 24.3 Å². The van der Waals surface area contributed by atoms with Crippen LogP contribution in [-0.4, -0.2) is 39.6 Å². The van der Waals surface area contributed by atoms with Crippen molar-refractivity contribution in [2.24, 2.45) is 0 Å². The summed E-state index contributed by atoms with van der Waals surface area (Å²) in [5, 5.41) is 9.54. The lowest BCUT2D eigenvalue weighted by Crippen LogP contribution is -2.41. The van der Waals surface area contributed by atoms with Crippen LogP contribution >= 0.6 is 23.4 Å². The zero-order chi connectivity index (χ0) is 12.4. The molecule has 0 saturated carbocycles. The normalized spacial score (nSPS) is 19.4. The number of rotatable bonds is 2. The van der Waals surface area contributed by atoms with Crippen LogP contribution in [0, 0.1) is 0 Å². The summed E-state index contributed by atoms with van der Waals surface area (Å²) in [7, 11) is 0. The van der Waals surface area contributed by atoms with E-state index in [0.29, 0.717) is 22.2 Å². The minimum atomic E-state index is -0.961. The van der Waals surface area contributed by atoms with Crippen LogP contribution in [0.4, 0.5) is 0 Å². The summed E-state index contributed by atoms with van der Waals surface area (Å²) in [6.07, 6.45) is 0. The molecule has 1 fully saturated rings. The molecule has 1 aromatic carbocycles. The smallest absolute Gasteiger partial charge is 0.327 e. The third-order valence-electron chi connectivity index (χ3n) is 2.52. The van der Waals surface area contributed by atoms with Crippen molar-refractivity contribution < 1.29 is 14.7 Å². The quantitative estimate of drug-likeness (QED) is 0.893. The van der Waals surface area contributed by atoms with Crippen molar-refractivity contribution in [2.75, 3.05) is 11.6 Å². The maximum Gasteiger partial charge on any atom is 0.327 e. The number of hydrogen-bond acceptors (Lipinski definition) is 3. The Morgan fingerprint density at radius 3 is 2.59 bits per heavy atom. The van der Waals surface area contributed by atoms with Crippen molar-refractivity contribution in [3.8, 4) is 0 Å². The van der Waals surface area contributed by atoms with E-state index in [-0.39, 0.29) is 5.91 Å². The lowest BCUT2D eigenvalue weighted by Gasteiger charge is -2.20. The predicted molar refractivity (Wildman–Crippen MR) is 66.4 cm³/mol. The number of nitrogens with zero attached hydrogens (tertiary/aromatic N) is 1. The summed E-state index contributed by atoms with van der Waals surface area (Å²) in [6, 6.07) is 5.71. The second kappa shape index (κ2) is 4.98. The molecule has 0 aliphatic carbocycles. The van der Waals surface area contributed by atoms with E-state index >= 15 is 0 Å². The predicted octanol–water partition coefficient (Wildman–Crippen LogP) is 1.94. The van der Waals surface area contributed by atoms with E-state index in [1.165, 1.54) is 16.7 Å². The Balaban J connectivity index is 2.19. The maximum atomic E-state index is 12.1. The van der Waals surface area contributed by atoms with Crippen molar-refractivity contribution in [3.05, 3.63) is 34.9 Å². The largest absolute Gasteiger partial charge is 0.480 e. The molecule has 1 unspecified atom stereocenters. The number of carboxylic acid groups (broad SMARTS) is 1. The van der Waals surface area contributed by atoms with E-state index in [1.54, 1.807) is 24.3 Å². The molecule has 0 radical (unpaired) electrons. The van der Waals surface area contributed by atoms with E-state index in [1.807, 2.05) is 0 Å². The standard InChI is InChI=1S/C11H10ClNO3S/c12-8-3-1-7(2-4-8)10(14)13-6-17-5-9(13)11(15)16/h1-4,9H,5-6H2,(H,15,16). The minimum absolute atomic E-state index is 0.265. The van der Waals surface area contributed by atoms with Crippen LogP contribution in [-0.2, 0) is 4.79 Å². The van der Waals surface area contributed by atoms with Gasteiger partial charge in [0.25, 0.3) is 5.91 Å². The van der Waals surface area contributed by atoms with Gasteiger partial charge in [-0.25, -0.2) is 4.79 Å². The Bertz CT molecular complexity index is 449. The number of carbonyl (C=O) groups is 2. The number of benzene rings is 1. The van der Waals surface area contributed by atoms with Gasteiger partial charge in [-0.2, -0.15) is 0 Å². The molecular formula is C11H10ClNO3S. The van der Waals surface area contributed by atoms with Crippen molar-refractivity contribution in [2.45, 2.75) is 6.04 Å². The second-order valence-corrected chi connectivity index (χ2v) is 5.07. The van der Waals surface area contributed by atoms with Gasteiger partial charge in [-0.05, 0) is 24.3 Å². The SMILES string of the molecule is O=C(O)C1CSCN1C(=O)c1ccc(Cl)cc1. The van der Waals surface area contributed by atoms with Gasteiger partial charge in [-0.15, -0.1) is 11.8 Å². The third kappa shape index (κ3) is 2.56. The van der Waals surface area contributed by atoms with Crippen molar-refractivity contribution in [1.29, 1.82) is 0 Å². The van der Waals surface area contributed by atoms with Crippen LogP contribution in [0.25, 0.3) is 0 Å². The van der Waals surface area contributed by atoms with E-state index < -0.39 is 12.0 Å². The van der Waals surface area contributed by atoms with Crippen LogP contribution in [0.1, 0.15) is 10.4 Å². The highest BCUT2D eigenvalue weighted by molar-refractivity contribution is 7.99. The molecule has 1 amide bonds. The molecule has 6 heteroatoms. The van der Waals surface area contributed by atoms with Crippen LogP contribution in [0.2, 0.25) is 5.02 Å². The van der Waals surface area contributed by atoms with E-state index in [0.717, 1.165) is 0 Å². The average molecular weight is 272 g/mol. The summed E-state index contributed by atoms with van der Waals surface area (Å²) in [5.41, 5.74) is 0.461. The minimum Gasteiger partial charge on any atom is -0.480 e. The first kappa shape index (κ1) is 12.3. The van der Waals surface area contributed by atoms with Gasteiger partial charge < -0.3 is 10.0 Å². The Morgan fingerprint density at radius 2 is 2.00 bits per heavy atom. The Kier molecular flexibility index (Phi) is 3.59. The first-order valence-corrected chi connectivity index (χ1v) is 6.50. The average Bonchev–Trinajstić information content (AvgIpc) is 2.78. The molecule has 1 heterocycles. The summed E-state index contributed by atoms with van der Waals surface area (Å²) < 4.78 is 0. The summed E-state index contributed by atoms with van der Waals surface area (Å²) in [5.74, 6) is -0.371. The maximum absolute atomic E-state index is 12.1. The van der Waals surface area contributed by atoms with Gasteiger partial charge in [0.05, 0.1) is 5.88 Å². The molecule has 4 nitrogen and oxygen atoms in total. The van der Waals surface area contributed by atoms with E-state index in [9.17, 15) is 9.59 Å². The topological polar surface area (TPSA) is 57.6 Å². The molecule has 1 aromatic rings. The summed E-state index contributed by atoms with van der Waals surface area (Å²) in [4.78, 5) is 24.4. The second-order valence-electron chi connectivity index (χ2n) is 3.64. The number of aliphatic carboxylic acids is 1. The monoisotopic (exact) mass is 271 g/mol. The molecule has 1 atom stereocenters. The highest BCUT2D eigenvalue weighted by atomic mass is 35.5. The Labute approximate surface area is 108 Å². The highest BCUT2D eigenvalue weighted by Crippen LogP contribution is 2.23. The Hall–Kier alpha value is -1.20. The first-order valence-electron chi connectivity index (χ1n) is 4.96. The number of hydrogen-bond donors (Lipinski definition) is 1. The number of carbonyl (C=O) groups excluding carboxylic acids is 1. The molecule has 0 bridgehead atoms. The summed E-state index contributed by atoms with van der Waals surface area (Å²) >= 11 is 7.17. The lowest BCUT2D eigenvalue weighted by atomic mass is 10.2. The highest BCUT2D eigenvalue weighted by Gasteiger charge is 2.34. The van der Waals surface area contributed by atoms with Gasteiger partial charge in [-0.1, -0.05) is 11.6 Å². The molecule has 1 aliphatic rings. The molecule has 17 heavy (non-hydrogen) atoms. The fraction of sp³-hybridized carbons (Fsp3) is 0.273. The molecule has 1 saturated heterocycles. The molecular weight excluding hydrogens is 262 g/mol. The van der Waals surface area contributed by atoms with Gasteiger partial charge in [0.2, 0.25) is 0 Å². The van der Waals surface area contributed by atoms with Crippen molar-refractivity contribution in [3.63, 3.8) is 0 Å². The van der Waals surface area contributed by atoms with Gasteiger partial charge in [0.15, 0.2) is 0 Å². The Morgan fingerprint density at radius 1 is 1.35 bits per heavy atom. The van der Waals surface area contributed by atoms with Crippen molar-refractivity contribution in [1.82, 2.24) is 4.90 Å². The zero-order valence-corrected chi connectivity index (χ0v) is 10.4. The van der Waals surface area contributed by atoms with Gasteiger partial charge in [-0.3, -0.25) is 4.79 Å².